The molecule has 132 valence electrons. The number of thiophene rings is 1. The summed E-state index contributed by atoms with van der Waals surface area (Å²) in [6.45, 7) is 1.66. The Kier molecular flexibility index (Phi) is 5.53. The molecule has 1 aromatic heterocycles. The van der Waals surface area contributed by atoms with Gasteiger partial charge < -0.3 is 9.80 Å². The number of hydrogen-bond acceptors (Lipinski definition) is 3. The van der Waals surface area contributed by atoms with Crippen LogP contribution < -0.4 is 0 Å². The Labute approximate surface area is 153 Å². The summed E-state index contributed by atoms with van der Waals surface area (Å²) in [5.41, 5.74) is 2.80. The van der Waals surface area contributed by atoms with Gasteiger partial charge in [0.2, 0.25) is 0 Å². The molecule has 0 unspecified atom stereocenters. The highest BCUT2D eigenvalue weighted by molar-refractivity contribution is 7.08. The predicted molar refractivity (Wildman–Crippen MR) is 101 cm³/mol. The average Bonchev–Trinajstić information content (AvgIpc) is 3.16. The van der Waals surface area contributed by atoms with Crippen molar-refractivity contribution in [3.8, 4) is 0 Å². The van der Waals surface area contributed by atoms with E-state index in [1.807, 2.05) is 33.9 Å². The van der Waals surface area contributed by atoms with Crippen LogP contribution in [0.3, 0.4) is 0 Å². The fourth-order valence-corrected chi connectivity index (χ4v) is 3.91. The van der Waals surface area contributed by atoms with Crippen LogP contribution in [0.25, 0.3) is 0 Å². The minimum atomic E-state index is 0.0341. The van der Waals surface area contributed by atoms with E-state index in [0.29, 0.717) is 5.92 Å². The third kappa shape index (κ3) is 4.28. The lowest BCUT2D eigenvalue weighted by atomic mass is 9.89. The Hall–Kier alpha value is -2.14. The minimum Gasteiger partial charge on any atom is -0.345 e. The lowest BCUT2D eigenvalue weighted by molar-refractivity contribution is 0.0691. The lowest BCUT2D eigenvalue weighted by Crippen LogP contribution is -2.38. The summed E-state index contributed by atoms with van der Waals surface area (Å²) in [4.78, 5) is 27.9. The highest BCUT2D eigenvalue weighted by atomic mass is 32.1. The first-order valence-electron chi connectivity index (χ1n) is 8.66. The molecule has 0 spiro atoms. The smallest absolute Gasteiger partial charge is 0.254 e. The number of nitrogens with zero attached hydrogens (tertiary/aromatic N) is 2. The number of hydrogen-bond donors (Lipinski definition) is 0. The van der Waals surface area contributed by atoms with Gasteiger partial charge in [-0.25, -0.2) is 0 Å². The van der Waals surface area contributed by atoms with Gasteiger partial charge in [-0.3, -0.25) is 9.59 Å². The largest absolute Gasteiger partial charge is 0.345 e. The molecule has 0 radical (unpaired) electrons. The second-order valence-corrected chi connectivity index (χ2v) is 7.63. The molecule has 0 bridgehead atoms. The summed E-state index contributed by atoms with van der Waals surface area (Å²) >= 11 is 1.56. The molecule has 0 saturated carbocycles. The van der Waals surface area contributed by atoms with Crippen LogP contribution in [0.1, 0.15) is 39.1 Å². The molecule has 2 amide bonds. The van der Waals surface area contributed by atoms with Crippen molar-refractivity contribution in [1.29, 1.82) is 0 Å². The highest BCUT2D eigenvalue weighted by Crippen LogP contribution is 2.23. The monoisotopic (exact) mass is 356 g/mol. The topological polar surface area (TPSA) is 40.6 Å². The fourth-order valence-electron chi connectivity index (χ4n) is 3.28. The van der Waals surface area contributed by atoms with Gasteiger partial charge in [0.1, 0.15) is 0 Å². The van der Waals surface area contributed by atoms with E-state index >= 15 is 0 Å². The fraction of sp³-hybridized carbons (Fsp3) is 0.400. The van der Waals surface area contributed by atoms with E-state index in [0.717, 1.165) is 43.5 Å². The van der Waals surface area contributed by atoms with E-state index in [9.17, 15) is 9.59 Å². The number of amides is 2. The Morgan fingerprint density at radius 2 is 1.76 bits per heavy atom. The predicted octanol–water partition coefficient (Wildman–Crippen LogP) is 3.54. The van der Waals surface area contributed by atoms with Gasteiger partial charge in [-0.15, -0.1) is 0 Å². The van der Waals surface area contributed by atoms with Crippen LogP contribution in [0.4, 0.5) is 0 Å². The summed E-state index contributed by atoms with van der Waals surface area (Å²) in [5.74, 6) is 0.792. The molecule has 1 aliphatic heterocycles. The van der Waals surface area contributed by atoms with E-state index in [1.54, 1.807) is 30.3 Å². The normalized spacial score (nSPS) is 15.2. The zero-order valence-corrected chi connectivity index (χ0v) is 15.6. The van der Waals surface area contributed by atoms with Crippen LogP contribution in [-0.4, -0.2) is 48.8 Å². The first-order valence-corrected chi connectivity index (χ1v) is 9.61. The summed E-state index contributed by atoms with van der Waals surface area (Å²) in [7, 11) is 3.53. The van der Waals surface area contributed by atoms with Crippen molar-refractivity contribution in [3.63, 3.8) is 0 Å². The number of carbonyl (C=O) groups is 2. The second-order valence-electron chi connectivity index (χ2n) is 6.85. The Morgan fingerprint density at radius 1 is 1.08 bits per heavy atom. The van der Waals surface area contributed by atoms with Crippen molar-refractivity contribution in [3.05, 3.63) is 57.8 Å². The number of benzene rings is 1. The maximum Gasteiger partial charge on any atom is 0.254 e. The highest BCUT2D eigenvalue weighted by Gasteiger charge is 2.24. The third-order valence-electron chi connectivity index (χ3n) is 4.80. The molecular formula is C20H24N2O2S. The van der Waals surface area contributed by atoms with Crippen molar-refractivity contribution < 1.29 is 9.59 Å². The van der Waals surface area contributed by atoms with E-state index in [1.165, 1.54) is 5.56 Å². The Morgan fingerprint density at radius 3 is 2.32 bits per heavy atom. The summed E-state index contributed by atoms with van der Waals surface area (Å²) in [6.07, 6.45) is 3.08. The van der Waals surface area contributed by atoms with Crippen molar-refractivity contribution in [1.82, 2.24) is 9.80 Å². The molecule has 1 aromatic carbocycles. The van der Waals surface area contributed by atoms with Crippen LogP contribution >= 0.6 is 11.3 Å². The van der Waals surface area contributed by atoms with Gasteiger partial charge in [-0.2, -0.15) is 11.3 Å². The Bertz CT molecular complexity index is 715. The Balaban J connectivity index is 1.52. The van der Waals surface area contributed by atoms with Crippen LogP contribution in [0.15, 0.2) is 41.1 Å². The van der Waals surface area contributed by atoms with Crippen molar-refractivity contribution in [2.24, 2.45) is 5.92 Å². The third-order valence-corrected chi connectivity index (χ3v) is 5.48. The molecule has 25 heavy (non-hydrogen) atoms. The summed E-state index contributed by atoms with van der Waals surface area (Å²) < 4.78 is 0. The molecule has 2 aromatic rings. The molecule has 2 heterocycles. The van der Waals surface area contributed by atoms with Crippen molar-refractivity contribution in [2.75, 3.05) is 27.2 Å². The quantitative estimate of drug-likeness (QED) is 0.841. The van der Waals surface area contributed by atoms with Gasteiger partial charge in [0, 0.05) is 38.1 Å². The van der Waals surface area contributed by atoms with E-state index in [2.05, 4.69) is 12.1 Å². The number of likely N-dealkylation sites (tertiary alicyclic amines) is 1. The van der Waals surface area contributed by atoms with Gasteiger partial charge in [0.05, 0.1) is 5.56 Å². The zero-order chi connectivity index (χ0) is 17.8. The van der Waals surface area contributed by atoms with E-state index in [-0.39, 0.29) is 11.8 Å². The number of piperidine rings is 1. The molecule has 4 nitrogen and oxygen atoms in total. The SMILES string of the molecule is CN(C)C(=O)c1ccc(CC2CCN(C(=O)c3ccsc3)CC2)cc1. The number of rotatable bonds is 4. The van der Waals surface area contributed by atoms with E-state index in [4.69, 9.17) is 0 Å². The van der Waals surface area contributed by atoms with Gasteiger partial charge in [-0.1, -0.05) is 12.1 Å². The van der Waals surface area contributed by atoms with Crippen LogP contribution in [-0.2, 0) is 6.42 Å². The first-order chi connectivity index (χ1) is 12.0. The molecule has 0 N–H and O–H groups in total. The standard InChI is InChI=1S/C20H24N2O2S/c1-21(2)19(23)17-5-3-15(4-6-17)13-16-7-10-22(11-8-16)20(24)18-9-12-25-14-18/h3-6,9,12,14,16H,7-8,10-11,13H2,1-2H3. The lowest BCUT2D eigenvalue weighted by Gasteiger charge is -2.32. The van der Waals surface area contributed by atoms with E-state index < -0.39 is 0 Å². The summed E-state index contributed by atoms with van der Waals surface area (Å²) in [5, 5.41) is 3.87. The molecule has 5 heteroatoms. The minimum absolute atomic E-state index is 0.0341. The first kappa shape index (κ1) is 17.7. The van der Waals surface area contributed by atoms with Crippen LogP contribution in [0.5, 0.6) is 0 Å². The van der Waals surface area contributed by atoms with Crippen molar-refractivity contribution >= 4 is 23.2 Å². The van der Waals surface area contributed by atoms with Gasteiger partial charge in [0.25, 0.3) is 11.8 Å². The molecule has 1 fully saturated rings. The molecule has 0 aliphatic carbocycles. The van der Waals surface area contributed by atoms with Gasteiger partial charge in [0.15, 0.2) is 0 Å². The average molecular weight is 356 g/mol. The van der Waals surface area contributed by atoms with Crippen LogP contribution in [0, 0.1) is 5.92 Å². The molecule has 1 aliphatic rings. The van der Waals surface area contributed by atoms with Gasteiger partial charge in [-0.05, 0) is 54.3 Å². The second kappa shape index (κ2) is 7.83. The van der Waals surface area contributed by atoms with Gasteiger partial charge >= 0.3 is 0 Å². The van der Waals surface area contributed by atoms with Crippen molar-refractivity contribution in [2.45, 2.75) is 19.3 Å². The summed E-state index contributed by atoms with van der Waals surface area (Å²) in [6, 6.07) is 9.83. The molecule has 3 rings (SSSR count). The maximum atomic E-state index is 12.4. The molecule has 1 saturated heterocycles. The molecular weight excluding hydrogens is 332 g/mol. The zero-order valence-electron chi connectivity index (χ0n) is 14.8. The number of carbonyl (C=O) groups excluding carboxylic acids is 2. The van der Waals surface area contributed by atoms with Crippen LogP contribution in [0.2, 0.25) is 0 Å². The molecule has 0 atom stereocenters. The maximum absolute atomic E-state index is 12.4.